The maximum atomic E-state index is 14.7. The Morgan fingerprint density at radius 1 is 1.20 bits per heavy atom. The summed E-state index contributed by atoms with van der Waals surface area (Å²) in [7, 11) is 1.93. The molecule has 0 aliphatic heterocycles. The summed E-state index contributed by atoms with van der Waals surface area (Å²) in [5.41, 5.74) is 1.33. The van der Waals surface area contributed by atoms with Crippen molar-refractivity contribution in [3.05, 3.63) is 64.7 Å². The van der Waals surface area contributed by atoms with Crippen molar-refractivity contribution >= 4 is 28.2 Å². The Hall–Kier alpha value is -3.22. The van der Waals surface area contributed by atoms with E-state index in [0.717, 1.165) is 12.8 Å². The van der Waals surface area contributed by atoms with Gasteiger partial charge in [0.25, 0.3) is 0 Å². The lowest BCUT2D eigenvalue weighted by Crippen LogP contribution is -2.33. The highest BCUT2D eigenvalue weighted by Gasteiger charge is 2.20. The van der Waals surface area contributed by atoms with E-state index in [1.165, 1.54) is 36.2 Å². The molecule has 0 saturated heterocycles. The number of carbonyl (C=O) groups excluding carboxylic acids is 1. The average Bonchev–Trinajstić information content (AvgIpc) is 2.76. The molecule has 1 heterocycles. The largest absolute Gasteiger partial charge is 0.369 e. The summed E-state index contributed by atoms with van der Waals surface area (Å²) in [6.45, 7) is -0.0772. The number of hydrogen-bond acceptors (Lipinski definition) is 4. The lowest BCUT2D eigenvalue weighted by atomic mass is 9.94. The zero-order valence-corrected chi connectivity index (χ0v) is 17.0. The second kappa shape index (κ2) is 8.65. The smallest absolute Gasteiger partial charge is 0.246 e. The standard InChI is InChI=1S/C23H25FN4O2/c1-27(17-7-3-2-4-8-17)21-12-11-16(13-19(21)24)26-23(30)15-28-20-10-6-5-9-18(20)22(29)14-25-28/h5-6,9-14,17H,2-4,7-8,15H2,1H3,(H,26,30). The van der Waals surface area contributed by atoms with Gasteiger partial charge in [-0.05, 0) is 43.2 Å². The third-order valence-corrected chi connectivity index (χ3v) is 5.79. The first-order valence-corrected chi connectivity index (χ1v) is 10.3. The van der Waals surface area contributed by atoms with Gasteiger partial charge in [-0.2, -0.15) is 5.10 Å². The number of halogens is 1. The summed E-state index contributed by atoms with van der Waals surface area (Å²) in [5, 5.41) is 7.28. The molecular weight excluding hydrogens is 383 g/mol. The number of nitrogens with one attached hydrogen (secondary N) is 1. The van der Waals surface area contributed by atoms with E-state index in [1.54, 1.807) is 36.4 Å². The van der Waals surface area contributed by atoms with Crippen LogP contribution in [0.25, 0.3) is 10.9 Å². The number of carbonyl (C=O) groups is 1. The molecule has 30 heavy (non-hydrogen) atoms. The zero-order chi connectivity index (χ0) is 21.1. The summed E-state index contributed by atoms with van der Waals surface area (Å²) in [6, 6.07) is 12.1. The Balaban J connectivity index is 1.47. The van der Waals surface area contributed by atoms with Gasteiger partial charge in [0, 0.05) is 24.2 Å². The van der Waals surface area contributed by atoms with Crippen LogP contribution >= 0.6 is 0 Å². The number of para-hydroxylation sites is 1. The van der Waals surface area contributed by atoms with Crippen LogP contribution in [0.4, 0.5) is 15.8 Å². The maximum absolute atomic E-state index is 14.7. The minimum absolute atomic E-state index is 0.0772. The molecule has 0 bridgehead atoms. The number of nitrogens with zero attached hydrogens (tertiary/aromatic N) is 3. The second-order valence-corrected chi connectivity index (χ2v) is 7.80. The van der Waals surface area contributed by atoms with Crippen LogP contribution in [-0.4, -0.2) is 28.8 Å². The van der Waals surface area contributed by atoms with Crippen LogP contribution in [0.2, 0.25) is 0 Å². The van der Waals surface area contributed by atoms with Crippen molar-refractivity contribution in [2.75, 3.05) is 17.3 Å². The normalized spacial score (nSPS) is 14.6. The summed E-state index contributed by atoms with van der Waals surface area (Å²) < 4.78 is 16.2. The summed E-state index contributed by atoms with van der Waals surface area (Å²) >= 11 is 0. The van der Waals surface area contributed by atoms with E-state index in [4.69, 9.17) is 0 Å². The second-order valence-electron chi connectivity index (χ2n) is 7.80. The highest BCUT2D eigenvalue weighted by atomic mass is 19.1. The monoisotopic (exact) mass is 408 g/mol. The third kappa shape index (κ3) is 4.20. The fraction of sp³-hybridized carbons (Fsp3) is 0.348. The van der Waals surface area contributed by atoms with E-state index in [0.29, 0.717) is 28.3 Å². The van der Waals surface area contributed by atoms with Gasteiger partial charge in [-0.1, -0.05) is 31.4 Å². The van der Waals surface area contributed by atoms with Crippen LogP contribution in [0, 0.1) is 5.82 Å². The van der Waals surface area contributed by atoms with E-state index in [1.807, 2.05) is 11.9 Å². The molecule has 1 fully saturated rings. The number of hydrogen-bond donors (Lipinski definition) is 1. The highest BCUT2D eigenvalue weighted by Crippen LogP contribution is 2.29. The van der Waals surface area contributed by atoms with E-state index in [2.05, 4.69) is 10.4 Å². The van der Waals surface area contributed by atoms with Crippen LogP contribution in [0.15, 0.2) is 53.5 Å². The first-order chi connectivity index (χ1) is 14.5. The van der Waals surface area contributed by atoms with Gasteiger partial charge in [0.1, 0.15) is 12.4 Å². The zero-order valence-electron chi connectivity index (χ0n) is 17.0. The maximum Gasteiger partial charge on any atom is 0.246 e. The Labute approximate surface area is 174 Å². The fourth-order valence-corrected chi connectivity index (χ4v) is 4.16. The molecule has 4 rings (SSSR count). The Morgan fingerprint density at radius 3 is 2.73 bits per heavy atom. The molecule has 0 spiro atoms. The molecule has 7 heteroatoms. The molecule has 1 aliphatic carbocycles. The Bertz CT molecular complexity index is 1120. The molecule has 0 unspecified atom stereocenters. The molecular formula is C23H25FN4O2. The highest BCUT2D eigenvalue weighted by molar-refractivity contribution is 5.91. The number of fused-ring (bicyclic) bond motifs is 1. The molecule has 1 amide bonds. The molecule has 1 N–H and O–H groups in total. The first-order valence-electron chi connectivity index (χ1n) is 10.3. The molecule has 0 atom stereocenters. The summed E-state index contributed by atoms with van der Waals surface area (Å²) in [6.07, 6.45) is 6.96. The topological polar surface area (TPSA) is 67.2 Å². The quantitative estimate of drug-likeness (QED) is 0.694. The van der Waals surface area contributed by atoms with Gasteiger partial charge in [0.05, 0.1) is 17.4 Å². The van der Waals surface area contributed by atoms with Gasteiger partial charge in [-0.25, -0.2) is 4.39 Å². The van der Waals surface area contributed by atoms with Gasteiger partial charge in [0.15, 0.2) is 0 Å². The van der Waals surface area contributed by atoms with Gasteiger partial charge in [-0.3, -0.25) is 14.3 Å². The van der Waals surface area contributed by atoms with Gasteiger partial charge in [0.2, 0.25) is 11.3 Å². The van der Waals surface area contributed by atoms with Crippen molar-refractivity contribution in [1.29, 1.82) is 0 Å². The van der Waals surface area contributed by atoms with Crippen LogP contribution in [0.3, 0.4) is 0 Å². The van der Waals surface area contributed by atoms with Gasteiger partial charge >= 0.3 is 0 Å². The number of amides is 1. The van der Waals surface area contributed by atoms with E-state index >= 15 is 0 Å². The van der Waals surface area contributed by atoms with Crippen molar-refractivity contribution in [3.8, 4) is 0 Å². The van der Waals surface area contributed by atoms with E-state index < -0.39 is 0 Å². The van der Waals surface area contributed by atoms with Crippen LogP contribution in [-0.2, 0) is 11.3 Å². The molecule has 2 aromatic carbocycles. The van der Waals surface area contributed by atoms with Crippen LogP contribution < -0.4 is 15.6 Å². The first kappa shape index (κ1) is 20.1. The summed E-state index contributed by atoms with van der Waals surface area (Å²) in [5.74, 6) is -0.697. The van der Waals surface area contributed by atoms with Crippen LogP contribution in [0.5, 0.6) is 0 Å². The van der Waals surface area contributed by atoms with E-state index in [-0.39, 0.29) is 23.7 Å². The third-order valence-electron chi connectivity index (χ3n) is 5.79. The minimum atomic E-state index is -0.354. The minimum Gasteiger partial charge on any atom is -0.369 e. The molecule has 6 nitrogen and oxygen atoms in total. The molecule has 1 aromatic heterocycles. The molecule has 0 radical (unpaired) electrons. The number of benzene rings is 2. The van der Waals surface area contributed by atoms with Crippen LogP contribution in [0.1, 0.15) is 32.1 Å². The average molecular weight is 408 g/mol. The summed E-state index contributed by atoms with van der Waals surface area (Å²) in [4.78, 5) is 26.4. The van der Waals surface area contributed by atoms with Gasteiger partial charge in [-0.15, -0.1) is 0 Å². The number of rotatable bonds is 5. The van der Waals surface area contributed by atoms with Gasteiger partial charge < -0.3 is 10.2 Å². The fourth-order valence-electron chi connectivity index (χ4n) is 4.16. The van der Waals surface area contributed by atoms with Crippen molar-refractivity contribution in [1.82, 2.24) is 9.78 Å². The Morgan fingerprint density at radius 2 is 1.97 bits per heavy atom. The lowest BCUT2D eigenvalue weighted by molar-refractivity contribution is -0.116. The van der Waals surface area contributed by atoms with Crippen molar-refractivity contribution in [3.63, 3.8) is 0 Å². The molecule has 1 aliphatic rings. The van der Waals surface area contributed by atoms with E-state index in [9.17, 15) is 14.0 Å². The van der Waals surface area contributed by atoms with Crippen molar-refractivity contribution in [2.24, 2.45) is 0 Å². The lowest BCUT2D eigenvalue weighted by Gasteiger charge is -2.33. The van der Waals surface area contributed by atoms with Crippen molar-refractivity contribution < 1.29 is 9.18 Å². The Kier molecular flexibility index (Phi) is 5.79. The molecule has 3 aromatic rings. The van der Waals surface area contributed by atoms with Crippen molar-refractivity contribution in [2.45, 2.75) is 44.7 Å². The molecule has 1 saturated carbocycles. The molecule has 156 valence electrons. The predicted octanol–water partition coefficient (Wildman–Crippen LogP) is 3.94. The SMILES string of the molecule is CN(c1ccc(NC(=O)Cn2ncc(=O)c3ccccc32)cc1F)C1CCCCC1. The number of aromatic nitrogens is 2. The number of anilines is 2. The predicted molar refractivity (Wildman–Crippen MR) is 116 cm³/mol.